The van der Waals surface area contributed by atoms with Crippen LogP contribution in [-0.2, 0) is 6.54 Å². The highest BCUT2D eigenvalue weighted by Crippen LogP contribution is 2.38. The molecule has 1 heterocycles. The van der Waals surface area contributed by atoms with Gasteiger partial charge in [0.15, 0.2) is 11.5 Å². The van der Waals surface area contributed by atoms with Crippen LogP contribution >= 0.6 is 15.9 Å². The minimum atomic E-state index is 0.177. The van der Waals surface area contributed by atoms with Crippen LogP contribution in [0.25, 0.3) is 0 Å². The van der Waals surface area contributed by atoms with Gasteiger partial charge in [0.2, 0.25) is 6.79 Å². The lowest BCUT2D eigenvalue weighted by molar-refractivity contribution is 0.174. The predicted octanol–water partition coefficient (Wildman–Crippen LogP) is 3.50. The fraction of sp³-hybridized carbons (Fsp3) is 0.200. The van der Waals surface area contributed by atoms with Gasteiger partial charge in [-0.3, -0.25) is 0 Å². The van der Waals surface area contributed by atoms with Crippen molar-refractivity contribution in [2.45, 2.75) is 6.54 Å². The maximum atomic E-state index is 9.99. The van der Waals surface area contributed by atoms with Gasteiger partial charge in [-0.05, 0) is 34.1 Å². The molecule has 0 aliphatic carbocycles. The SMILES string of the molecule is COc1cc(NCc2cc3c(cc2O)OCO3)ccc1Br. The standard InChI is InChI=1S/C15H14BrNO4/c1-19-13-5-10(2-3-11(13)16)17-7-9-4-14-15(6-12(9)18)21-8-20-14/h2-6,17-18H,7-8H2,1H3. The Bertz CT molecular complexity index is 675. The van der Waals surface area contributed by atoms with Gasteiger partial charge in [-0.1, -0.05) is 0 Å². The second kappa shape index (κ2) is 5.73. The van der Waals surface area contributed by atoms with Crippen molar-refractivity contribution < 1.29 is 19.3 Å². The lowest BCUT2D eigenvalue weighted by Crippen LogP contribution is -2.00. The van der Waals surface area contributed by atoms with Gasteiger partial charge < -0.3 is 24.6 Å². The van der Waals surface area contributed by atoms with E-state index in [1.807, 2.05) is 18.2 Å². The van der Waals surface area contributed by atoms with Crippen LogP contribution in [0.15, 0.2) is 34.8 Å². The van der Waals surface area contributed by atoms with Crippen molar-refractivity contribution in [3.8, 4) is 23.0 Å². The van der Waals surface area contributed by atoms with Crippen molar-refractivity contribution in [1.29, 1.82) is 0 Å². The van der Waals surface area contributed by atoms with Crippen LogP contribution in [0.2, 0.25) is 0 Å². The smallest absolute Gasteiger partial charge is 0.231 e. The Balaban J connectivity index is 1.76. The number of benzene rings is 2. The van der Waals surface area contributed by atoms with Gasteiger partial charge in [-0.2, -0.15) is 0 Å². The Hall–Kier alpha value is -2.08. The zero-order valence-corrected chi connectivity index (χ0v) is 12.9. The number of hydrogen-bond acceptors (Lipinski definition) is 5. The van der Waals surface area contributed by atoms with E-state index < -0.39 is 0 Å². The van der Waals surface area contributed by atoms with Crippen LogP contribution in [0.3, 0.4) is 0 Å². The van der Waals surface area contributed by atoms with Gasteiger partial charge in [-0.25, -0.2) is 0 Å². The van der Waals surface area contributed by atoms with Crippen molar-refractivity contribution >= 4 is 21.6 Å². The summed E-state index contributed by atoms with van der Waals surface area (Å²) in [6.07, 6.45) is 0. The van der Waals surface area contributed by atoms with Crippen molar-refractivity contribution in [3.05, 3.63) is 40.4 Å². The largest absolute Gasteiger partial charge is 0.507 e. The first-order chi connectivity index (χ1) is 10.2. The molecule has 2 aromatic rings. The van der Waals surface area contributed by atoms with Crippen molar-refractivity contribution in [2.24, 2.45) is 0 Å². The fourth-order valence-electron chi connectivity index (χ4n) is 2.08. The minimum Gasteiger partial charge on any atom is -0.507 e. The molecule has 6 heteroatoms. The van der Waals surface area contributed by atoms with E-state index in [-0.39, 0.29) is 12.5 Å². The summed E-state index contributed by atoms with van der Waals surface area (Å²) < 4.78 is 16.7. The lowest BCUT2D eigenvalue weighted by Gasteiger charge is -2.11. The van der Waals surface area contributed by atoms with E-state index in [1.54, 1.807) is 19.2 Å². The number of ether oxygens (including phenoxy) is 3. The molecule has 0 bridgehead atoms. The molecule has 0 saturated heterocycles. The third-order valence-corrected chi connectivity index (χ3v) is 3.86. The molecule has 0 saturated carbocycles. The molecule has 0 spiro atoms. The predicted molar refractivity (Wildman–Crippen MR) is 82.3 cm³/mol. The van der Waals surface area contributed by atoms with Crippen LogP contribution in [0.5, 0.6) is 23.0 Å². The summed E-state index contributed by atoms with van der Waals surface area (Å²) in [6.45, 7) is 0.656. The topological polar surface area (TPSA) is 60.0 Å². The summed E-state index contributed by atoms with van der Waals surface area (Å²) in [5.41, 5.74) is 1.63. The molecule has 0 atom stereocenters. The zero-order valence-electron chi connectivity index (χ0n) is 11.4. The molecular formula is C15H14BrNO4. The molecule has 2 N–H and O–H groups in total. The van der Waals surface area contributed by atoms with E-state index in [9.17, 15) is 5.11 Å². The summed E-state index contributed by atoms with van der Waals surface area (Å²) in [5, 5.41) is 13.2. The van der Waals surface area contributed by atoms with Crippen LogP contribution < -0.4 is 19.5 Å². The van der Waals surface area contributed by atoms with Crippen LogP contribution in [0.1, 0.15) is 5.56 Å². The molecule has 21 heavy (non-hydrogen) atoms. The molecule has 1 aliphatic heterocycles. The number of halogens is 1. The number of aromatic hydroxyl groups is 1. The molecule has 0 radical (unpaired) electrons. The highest BCUT2D eigenvalue weighted by Gasteiger charge is 2.16. The Morgan fingerprint density at radius 1 is 1.24 bits per heavy atom. The first-order valence-electron chi connectivity index (χ1n) is 6.36. The maximum Gasteiger partial charge on any atom is 0.231 e. The summed E-state index contributed by atoms with van der Waals surface area (Å²) in [4.78, 5) is 0. The Labute approximate surface area is 130 Å². The molecule has 110 valence electrons. The van der Waals surface area contributed by atoms with E-state index in [1.165, 1.54) is 0 Å². The third-order valence-electron chi connectivity index (χ3n) is 3.21. The fourth-order valence-corrected chi connectivity index (χ4v) is 2.49. The Morgan fingerprint density at radius 2 is 2.00 bits per heavy atom. The van der Waals surface area contributed by atoms with Gasteiger partial charge in [0.25, 0.3) is 0 Å². The first-order valence-corrected chi connectivity index (χ1v) is 7.15. The number of anilines is 1. The monoisotopic (exact) mass is 351 g/mol. The van der Waals surface area contributed by atoms with E-state index in [4.69, 9.17) is 14.2 Å². The number of phenolic OH excluding ortho intramolecular Hbond substituents is 1. The second-order valence-corrected chi connectivity index (χ2v) is 5.39. The maximum absolute atomic E-state index is 9.99. The molecule has 2 aromatic carbocycles. The van der Waals surface area contributed by atoms with Gasteiger partial charge in [0.05, 0.1) is 11.6 Å². The molecule has 1 aliphatic rings. The number of nitrogens with one attached hydrogen (secondary N) is 1. The average molecular weight is 352 g/mol. The summed E-state index contributed by atoms with van der Waals surface area (Å²) in [5.74, 6) is 2.14. The van der Waals surface area contributed by atoms with Crippen LogP contribution in [-0.4, -0.2) is 19.0 Å². The lowest BCUT2D eigenvalue weighted by atomic mass is 10.1. The van der Waals surface area contributed by atoms with Crippen molar-refractivity contribution in [2.75, 3.05) is 19.2 Å². The van der Waals surface area contributed by atoms with Crippen molar-refractivity contribution in [3.63, 3.8) is 0 Å². The molecule has 0 fully saturated rings. The van der Waals surface area contributed by atoms with E-state index in [0.29, 0.717) is 18.0 Å². The molecule has 0 unspecified atom stereocenters. The summed E-state index contributed by atoms with van der Waals surface area (Å²) >= 11 is 3.41. The van der Waals surface area contributed by atoms with Crippen LogP contribution in [0, 0.1) is 0 Å². The van der Waals surface area contributed by atoms with Crippen molar-refractivity contribution in [1.82, 2.24) is 0 Å². The molecule has 0 amide bonds. The van der Waals surface area contributed by atoms with Gasteiger partial charge in [0.1, 0.15) is 11.5 Å². The summed E-state index contributed by atoms with van der Waals surface area (Å²) in [7, 11) is 1.62. The number of methoxy groups -OCH3 is 1. The normalized spacial score (nSPS) is 12.3. The van der Waals surface area contributed by atoms with E-state index >= 15 is 0 Å². The third kappa shape index (κ3) is 2.85. The number of rotatable bonds is 4. The zero-order chi connectivity index (χ0) is 14.8. The van der Waals surface area contributed by atoms with Gasteiger partial charge >= 0.3 is 0 Å². The minimum absolute atomic E-state index is 0.177. The number of phenols is 1. The average Bonchev–Trinajstić information content (AvgIpc) is 2.93. The molecule has 5 nitrogen and oxygen atoms in total. The van der Waals surface area contributed by atoms with Crippen LogP contribution in [0.4, 0.5) is 5.69 Å². The second-order valence-electron chi connectivity index (χ2n) is 4.54. The molecule has 0 aromatic heterocycles. The number of fused-ring (bicyclic) bond motifs is 1. The number of hydrogen-bond donors (Lipinski definition) is 2. The Morgan fingerprint density at radius 3 is 2.76 bits per heavy atom. The quantitative estimate of drug-likeness (QED) is 0.882. The van der Waals surface area contributed by atoms with Gasteiger partial charge in [0, 0.05) is 29.9 Å². The summed E-state index contributed by atoms with van der Waals surface area (Å²) in [6, 6.07) is 9.06. The van der Waals surface area contributed by atoms with E-state index in [2.05, 4.69) is 21.2 Å². The molecular weight excluding hydrogens is 338 g/mol. The van der Waals surface area contributed by atoms with E-state index in [0.717, 1.165) is 21.5 Å². The highest BCUT2D eigenvalue weighted by molar-refractivity contribution is 9.10. The first kappa shape index (κ1) is 13.9. The Kier molecular flexibility index (Phi) is 3.79. The molecule has 3 rings (SSSR count). The van der Waals surface area contributed by atoms with Gasteiger partial charge in [-0.15, -0.1) is 0 Å². The highest BCUT2D eigenvalue weighted by atomic mass is 79.9.